The molecule has 0 amide bonds. The first-order valence-electron chi connectivity index (χ1n) is 7.88. The standard InChI is InChI=1S/C18H10N8.Pt/c1-3-11-7-15-21-17(25-23-15)9-13-5-2-6-14(20-13)10-18-22-16(24-26-18)8-12(4-1)19-11;/h1-10H;/q-2;+2. The Hall–Kier alpha value is -3.25. The second-order valence-corrected chi connectivity index (χ2v) is 5.61. The summed E-state index contributed by atoms with van der Waals surface area (Å²) in [6.45, 7) is 0. The van der Waals surface area contributed by atoms with Gasteiger partial charge in [0.15, 0.2) is 0 Å². The number of hydrogen-bond donors (Lipinski definition) is 0. The first-order valence-corrected chi connectivity index (χ1v) is 7.88. The van der Waals surface area contributed by atoms with Crippen LogP contribution in [0.2, 0.25) is 0 Å². The molecule has 0 unspecified atom stereocenters. The number of fused-ring (bicyclic) bond motifs is 8. The van der Waals surface area contributed by atoms with Crippen LogP contribution in [0, 0.1) is 0 Å². The third kappa shape index (κ3) is 3.80. The SMILES string of the molecule is [Pt+2].c1cc2cc3nnc(cc4cccc(cc5nnc(cc(c1)n2)[n-]5)n4)[n-]3. The quantitative estimate of drug-likeness (QED) is 0.299. The molecule has 5 heterocycles. The van der Waals surface area contributed by atoms with Crippen molar-refractivity contribution < 1.29 is 21.1 Å². The van der Waals surface area contributed by atoms with Crippen LogP contribution in [0.15, 0.2) is 60.7 Å². The van der Waals surface area contributed by atoms with Crippen molar-refractivity contribution in [2.24, 2.45) is 0 Å². The molecule has 5 aromatic heterocycles. The smallest absolute Gasteiger partial charge is 0.358 e. The van der Waals surface area contributed by atoms with Gasteiger partial charge in [0.25, 0.3) is 0 Å². The van der Waals surface area contributed by atoms with E-state index in [2.05, 4.69) is 40.3 Å². The van der Waals surface area contributed by atoms with E-state index in [4.69, 9.17) is 0 Å². The maximum absolute atomic E-state index is 4.53. The van der Waals surface area contributed by atoms with Gasteiger partial charge in [0.05, 0.1) is 22.1 Å². The number of pyridine rings is 2. The molecule has 0 saturated carbocycles. The van der Waals surface area contributed by atoms with Crippen LogP contribution in [0.3, 0.4) is 0 Å². The normalized spacial score (nSPS) is 10.7. The van der Waals surface area contributed by atoms with Crippen LogP contribution in [0.25, 0.3) is 44.7 Å². The monoisotopic (exact) mass is 533 g/mol. The molecule has 8 nitrogen and oxygen atoms in total. The number of hydrogen-bond acceptors (Lipinski definition) is 6. The van der Waals surface area contributed by atoms with E-state index in [9.17, 15) is 0 Å². The number of aromatic nitrogens is 8. The Morgan fingerprint density at radius 3 is 1.07 bits per heavy atom. The molecule has 0 radical (unpaired) electrons. The van der Waals surface area contributed by atoms with Crippen molar-refractivity contribution in [2.75, 3.05) is 0 Å². The summed E-state index contributed by atoms with van der Waals surface area (Å²) < 4.78 is 0. The van der Waals surface area contributed by atoms with Crippen molar-refractivity contribution in [3.05, 3.63) is 60.7 Å². The van der Waals surface area contributed by atoms with Gasteiger partial charge in [-0.05, 0) is 48.5 Å². The zero-order valence-corrected chi connectivity index (χ0v) is 15.9. The molecule has 27 heavy (non-hydrogen) atoms. The van der Waals surface area contributed by atoms with Gasteiger partial charge in [-0.3, -0.25) is 0 Å². The van der Waals surface area contributed by atoms with Crippen LogP contribution < -0.4 is 9.97 Å². The summed E-state index contributed by atoms with van der Waals surface area (Å²) in [7, 11) is 0. The van der Waals surface area contributed by atoms with E-state index < -0.39 is 0 Å². The average molecular weight is 533 g/mol. The maximum atomic E-state index is 4.53. The Morgan fingerprint density at radius 2 is 0.778 bits per heavy atom. The Labute approximate surface area is 166 Å². The molecule has 0 saturated heterocycles. The topological polar surface area (TPSA) is 106 Å². The molecular formula is C18H10N8Pt. The molecule has 0 fully saturated rings. The second-order valence-electron chi connectivity index (χ2n) is 5.61. The minimum atomic E-state index is 0. The largest absolute Gasteiger partial charge is 2.00 e. The van der Waals surface area contributed by atoms with Gasteiger partial charge in [-0.2, -0.15) is 0 Å². The van der Waals surface area contributed by atoms with Gasteiger partial charge in [-0.25, -0.2) is 9.97 Å². The number of nitrogens with zero attached hydrogens (tertiary/aromatic N) is 8. The molecule has 0 aromatic carbocycles. The summed E-state index contributed by atoms with van der Waals surface area (Å²) in [5, 5.41) is 16.3. The van der Waals surface area contributed by atoms with E-state index in [1.165, 1.54) is 0 Å². The molecular weight excluding hydrogens is 523 g/mol. The zero-order valence-electron chi connectivity index (χ0n) is 13.7. The van der Waals surface area contributed by atoms with Gasteiger partial charge in [0, 0.05) is 22.6 Å². The molecule has 5 rings (SSSR count). The predicted molar refractivity (Wildman–Crippen MR) is 96.3 cm³/mol. The Bertz CT molecular complexity index is 1160. The summed E-state index contributed by atoms with van der Waals surface area (Å²) in [5.41, 5.74) is 4.83. The fraction of sp³-hybridized carbons (Fsp3) is 0. The summed E-state index contributed by atoms with van der Waals surface area (Å²) in [5.74, 6) is 0. The van der Waals surface area contributed by atoms with Crippen LogP contribution in [-0.2, 0) is 21.1 Å². The summed E-state index contributed by atoms with van der Waals surface area (Å²) in [6, 6.07) is 18.3. The first-order chi connectivity index (χ1) is 12.8. The Morgan fingerprint density at radius 1 is 0.481 bits per heavy atom. The minimum absolute atomic E-state index is 0. The van der Waals surface area contributed by atoms with Crippen molar-refractivity contribution in [2.45, 2.75) is 0 Å². The molecule has 0 aliphatic rings. The molecule has 5 aromatic rings. The fourth-order valence-corrected chi connectivity index (χ4v) is 2.56. The van der Waals surface area contributed by atoms with Crippen molar-refractivity contribution >= 4 is 44.7 Å². The van der Waals surface area contributed by atoms with E-state index in [0.717, 1.165) is 22.1 Å². The van der Waals surface area contributed by atoms with Gasteiger partial charge in [0.2, 0.25) is 0 Å². The van der Waals surface area contributed by atoms with E-state index >= 15 is 0 Å². The zero-order chi connectivity index (χ0) is 17.3. The molecule has 0 atom stereocenters. The van der Waals surface area contributed by atoms with Gasteiger partial charge in [-0.15, -0.1) is 0 Å². The Kier molecular flexibility index (Phi) is 4.56. The Balaban J connectivity index is 0.00000180. The van der Waals surface area contributed by atoms with Crippen molar-refractivity contribution in [3.8, 4) is 0 Å². The van der Waals surface area contributed by atoms with Crippen molar-refractivity contribution in [1.82, 2.24) is 40.3 Å². The van der Waals surface area contributed by atoms with Crippen LogP contribution in [0.1, 0.15) is 0 Å². The van der Waals surface area contributed by atoms with Crippen LogP contribution in [-0.4, -0.2) is 30.4 Å². The van der Waals surface area contributed by atoms with Crippen LogP contribution in [0.5, 0.6) is 0 Å². The first kappa shape index (κ1) is 17.2. The van der Waals surface area contributed by atoms with E-state index in [-0.39, 0.29) is 21.1 Å². The molecule has 0 N–H and O–H groups in total. The fourth-order valence-electron chi connectivity index (χ4n) is 2.56. The van der Waals surface area contributed by atoms with Gasteiger partial charge in [-0.1, -0.05) is 12.1 Å². The predicted octanol–water partition coefficient (Wildman–Crippen LogP) is 2.27. The van der Waals surface area contributed by atoms with Crippen LogP contribution in [0.4, 0.5) is 0 Å². The summed E-state index contributed by atoms with van der Waals surface area (Å²) >= 11 is 0. The third-order valence-electron chi connectivity index (χ3n) is 3.66. The van der Waals surface area contributed by atoms with Crippen LogP contribution >= 0.6 is 0 Å². The molecule has 0 aliphatic carbocycles. The molecule has 132 valence electrons. The van der Waals surface area contributed by atoms with E-state index in [0.29, 0.717) is 22.6 Å². The minimum Gasteiger partial charge on any atom is -0.358 e. The van der Waals surface area contributed by atoms with Crippen molar-refractivity contribution in [3.63, 3.8) is 0 Å². The van der Waals surface area contributed by atoms with E-state index in [1.807, 2.05) is 36.4 Å². The average Bonchev–Trinajstić information content (AvgIpc) is 3.24. The summed E-state index contributed by atoms with van der Waals surface area (Å²) in [4.78, 5) is 17.8. The van der Waals surface area contributed by atoms with E-state index in [1.54, 1.807) is 24.3 Å². The van der Waals surface area contributed by atoms with Gasteiger partial charge >= 0.3 is 21.1 Å². The van der Waals surface area contributed by atoms with Gasteiger partial charge in [0.1, 0.15) is 0 Å². The molecule has 8 bridgehead atoms. The summed E-state index contributed by atoms with van der Waals surface area (Å²) in [6.07, 6.45) is 0. The van der Waals surface area contributed by atoms with Gasteiger partial charge < -0.3 is 30.4 Å². The molecule has 9 heteroatoms. The van der Waals surface area contributed by atoms with Crippen molar-refractivity contribution in [1.29, 1.82) is 0 Å². The molecule has 0 spiro atoms. The maximum Gasteiger partial charge on any atom is 2.00 e. The molecule has 0 aliphatic heterocycles. The third-order valence-corrected chi connectivity index (χ3v) is 3.66. The second kappa shape index (κ2) is 7.17. The number of rotatable bonds is 0.